The summed E-state index contributed by atoms with van der Waals surface area (Å²) >= 11 is 1.68. The Balaban J connectivity index is 2.15. The molecule has 0 N–H and O–H groups in total. The lowest BCUT2D eigenvalue weighted by Crippen LogP contribution is -2.00. The molecule has 5 heteroatoms. The van der Waals surface area contributed by atoms with E-state index in [-0.39, 0.29) is 12.2 Å². The topological polar surface area (TPSA) is 56.0 Å². The number of carbonyl (C=O) groups excluding carboxylic acids is 1. The smallest absolute Gasteiger partial charge is 0.234 e. The van der Waals surface area contributed by atoms with Crippen LogP contribution in [-0.2, 0) is 11.2 Å². The van der Waals surface area contributed by atoms with Crippen LogP contribution in [0.25, 0.3) is 11.4 Å². The zero-order valence-corrected chi connectivity index (χ0v) is 11.2. The lowest BCUT2D eigenvalue weighted by molar-refractivity contribution is -0.118. The van der Waals surface area contributed by atoms with E-state index < -0.39 is 0 Å². The Bertz CT molecular complexity index is 534. The molecule has 0 spiro atoms. The van der Waals surface area contributed by atoms with E-state index in [4.69, 9.17) is 4.52 Å². The van der Waals surface area contributed by atoms with Crippen LogP contribution in [-0.4, -0.2) is 22.2 Å². The first-order valence-electron chi connectivity index (χ1n) is 5.71. The van der Waals surface area contributed by atoms with Crippen molar-refractivity contribution in [3.8, 4) is 11.4 Å². The van der Waals surface area contributed by atoms with E-state index in [1.165, 1.54) is 4.90 Å². The van der Waals surface area contributed by atoms with E-state index in [0.29, 0.717) is 18.1 Å². The SMILES string of the molecule is CCC(=O)Cc1nc(-c2ccc(SC)cc2)no1. The van der Waals surface area contributed by atoms with Crippen LogP contribution >= 0.6 is 11.8 Å². The second kappa shape index (κ2) is 5.82. The molecule has 4 nitrogen and oxygen atoms in total. The zero-order chi connectivity index (χ0) is 13.0. The van der Waals surface area contributed by atoms with Crippen LogP contribution in [0.1, 0.15) is 19.2 Å². The van der Waals surface area contributed by atoms with Crippen molar-refractivity contribution < 1.29 is 9.32 Å². The van der Waals surface area contributed by atoms with Crippen LogP contribution in [0, 0.1) is 0 Å². The molecular weight excluding hydrogens is 248 g/mol. The molecule has 0 aliphatic heterocycles. The lowest BCUT2D eigenvalue weighted by Gasteiger charge is -1.96. The van der Waals surface area contributed by atoms with Crippen molar-refractivity contribution in [2.45, 2.75) is 24.7 Å². The van der Waals surface area contributed by atoms with Crippen molar-refractivity contribution >= 4 is 17.5 Å². The van der Waals surface area contributed by atoms with Crippen LogP contribution in [0.15, 0.2) is 33.7 Å². The highest BCUT2D eigenvalue weighted by Gasteiger charge is 2.11. The van der Waals surface area contributed by atoms with Crippen LogP contribution in [0.4, 0.5) is 0 Å². The first kappa shape index (κ1) is 12.8. The van der Waals surface area contributed by atoms with Gasteiger partial charge in [-0.2, -0.15) is 4.98 Å². The van der Waals surface area contributed by atoms with E-state index >= 15 is 0 Å². The van der Waals surface area contributed by atoms with E-state index in [1.807, 2.05) is 37.4 Å². The summed E-state index contributed by atoms with van der Waals surface area (Å²) in [6.45, 7) is 1.82. The minimum absolute atomic E-state index is 0.0999. The van der Waals surface area contributed by atoms with Crippen molar-refractivity contribution in [3.63, 3.8) is 0 Å². The van der Waals surface area contributed by atoms with Gasteiger partial charge in [0, 0.05) is 16.9 Å². The molecule has 1 aromatic heterocycles. The maximum Gasteiger partial charge on any atom is 0.234 e. The fourth-order valence-corrected chi connectivity index (χ4v) is 1.89. The summed E-state index contributed by atoms with van der Waals surface area (Å²) in [4.78, 5) is 16.7. The quantitative estimate of drug-likeness (QED) is 0.775. The average Bonchev–Trinajstić information content (AvgIpc) is 2.87. The molecule has 0 aliphatic rings. The average molecular weight is 262 g/mol. The number of rotatable bonds is 5. The maximum absolute atomic E-state index is 11.3. The summed E-state index contributed by atoms with van der Waals surface area (Å²) in [5, 5.41) is 3.88. The standard InChI is InChI=1S/C13H14N2O2S/c1-3-10(16)8-12-14-13(15-17-12)9-4-6-11(18-2)7-5-9/h4-7H,3,8H2,1-2H3. The van der Waals surface area contributed by atoms with Crippen molar-refractivity contribution in [2.75, 3.05) is 6.26 Å². The summed E-state index contributed by atoms with van der Waals surface area (Å²) in [5.74, 6) is 1.01. The number of hydrogen-bond donors (Lipinski definition) is 0. The molecule has 1 aromatic carbocycles. The van der Waals surface area contributed by atoms with Gasteiger partial charge in [-0.3, -0.25) is 4.79 Å². The van der Waals surface area contributed by atoms with Gasteiger partial charge >= 0.3 is 0 Å². The molecule has 0 saturated carbocycles. The fourth-order valence-electron chi connectivity index (χ4n) is 1.48. The molecule has 0 bridgehead atoms. The number of nitrogens with zero attached hydrogens (tertiary/aromatic N) is 2. The van der Waals surface area contributed by atoms with Crippen molar-refractivity contribution in [3.05, 3.63) is 30.2 Å². The summed E-state index contributed by atoms with van der Waals surface area (Å²) in [6, 6.07) is 7.91. The number of carbonyl (C=O) groups is 1. The molecule has 1 heterocycles. The molecule has 94 valence electrons. The highest BCUT2D eigenvalue weighted by molar-refractivity contribution is 7.98. The summed E-state index contributed by atoms with van der Waals surface area (Å²) < 4.78 is 5.06. The molecular formula is C13H14N2O2S. The molecule has 18 heavy (non-hydrogen) atoms. The minimum Gasteiger partial charge on any atom is -0.339 e. The van der Waals surface area contributed by atoms with Gasteiger partial charge in [-0.1, -0.05) is 12.1 Å². The number of aromatic nitrogens is 2. The molecule has 2 rings (SSSR count). The largest absolute Gasteiger partial charge is 0.339 e. The van der Waals surface area contributed by atoms with Gasteiger partial charge in [0.15, 0.2) is 0 Å². The molecule has 0 amide bonds. The third-order valence-corrected chi connectivity index (χ3v) is 3.30. The molecule has 2 aromatic rings. The Hall–Kier alpha value is -1.62. The zero-order valence-electron chi connectivity index (χ0n) is 10.3. The predicted molar refractivity (Wildman–Crippen MR) is 70.5 cm³/mol. The van der Waals surface area contributed by atoms with Gasteiger partial charge in [-0.05, 0) is 30.5 Å². The molecule has 0 saturated heterocycles. The van der Waals surface area contributed by atoms with E-state index in [0.717, 1.165) is 5.56 Å². The number of Topliss-reactive ketones (excluding diaryl/α,β-unsaturated/α-hetero) is 1. The third-order valence-electron chi connectivity index (χ3n) is 2.56. The Labute approximate surface area is 110 Å². The molecule has 0 fully saturated rings. The fraction of sp³-hybridized carbons (Fsp3) is 0.308. The Morgan fingerprint density at radius 1 is 1.33 bits per heavy atom. The third kappa shape index (κ3) is 2.98. The van der Waals surface area contributed by atoms with Crippen LogP contribution < -0.4 is 0 Å². The molecule has 0 atom stereocenters. The van der Waals surface area contributed by atoms with Crippen molar-refractivity contribution in [1.82, 2.24) is 10.1 Å². The van der Waals surface area contributed by atoms with E-state index in [1.54, 1.807) is 11.8 Å². The Kier molecular flexibility index (Phi) is 4.15. The van der Waals surface area contributed by atoms with Crippen molar-refractivity contribution in [1.29, 1.82) is 0 Å². The summed E-state index contributed by atoms with van der Waals surface area (Å²) in [7, 11) is 0. The predicted octanol–water partition coefficient (Wildman–Crippen LogP) is 2.98. The lowest BCUT2D eigenvalue weighted by atomic mass is 10.2. The van der Waals surface area contributed by atoms with E-state index in [9.17, 15) is 4.79 Å². The molecule has 0 aliphatic carbocycles. The van der Waals surface area contributed by atoms with Crippen molar-refractivity contribution in [2.24, 2.45) is 0 Å². The number of hydrogen-bond acceptors (Lipinski definition) is 5. The number of benzene rings is 1. The Morgan fingerprint density at radius 2 is 2.06 bits per heavy atom. The van der Waals surface area contributed by atoms with Crippen LogP contribution in [0.5, 0.6) is 0 Å². The number of thioether (sulfide) groups is 1. The van der Waals surface area contributed by atoms with Gasteiger partial charge in [-0.25, -0.2) is 0 Å². The van der Waals surface area contributed by atoms with Gasteiger partial charge in [0.25, 0.3) is 0 Å². The van der Waals surface area contributed by atoms with Gasteiger partial charge in [0.1, 0.15) is 5.78 Å². The monoisotopic (exact) mass is 262 g/mol. The molecule has 0 radical (unpaired) electrons. The van der Waals surface area contributed by atoms with E-state index in [2.05, 4.69) is 10.1 Å². The normalized spacial score (nSPS) is 10.6. The minimum atomic E-state index is 0.0999. The first-order valence-corrected chi connectivity index (χ1v) is 6.94. The highest BCUT2D eigenvalue weighted by Crippen LogP contribution is 2.20. The Morgan fingerprint density at radius 3 is 2.67 bits per heavy atom. The molecule has 0 unspecified atom stereocenters. The first-order chi connectivity index (χ1) is 8.72. The van der Waals surface area contributed by atoms with Crippen LogP contribution in [0.3, 0.4) is 0 Å². The van der Waals surface area contributed by atoms with Gasteiger partial charge in [-0.15, -0.1) is 11.8 Å². The van der Waals surface area contributed by atoms with Crippen LogP contribution in [0.2, 0.25) is 0 Å². The van der Waals surface area contributed by atoms with Gasteiger partial charge in [0.05, 0.1) is 6.42 Å². The van der Waals surface area contributed by atoms with Gasteiger partial charge in [0.2, 0.25) is 11.7 Å². The number of ketones is 1. The summed E-state index contributed by atoms with van der Waals surface area (Å²) in [5.41, 5.74) is 0.895. The second-order valence-corrected chi connectivity index (χ2v) is 4.69. The second-order valence-electron chi connectivity index (χ2n) is 3.81. The maximum atomic E-state index is 11.3. The summed E-state index contributed by atoms with van der Waals surface area (Å²) in [6.07, 6.45) is 2.73. The van der Waals surface area contributed by atoms with Gasteiger partial charge < -0.3 is 4.52 Å². The highest BCUT2D eigenvalue weighted by atomic mass is 32.2.